The van der Waals surface area contributed by atoms with E-state index in [0.717, 1.165) is 17.7 Å². The van der Waals surface area contributed by atoms with Crippen LogP contribution < -0.4 is 5.32 Å². The predicted octanol–water partition coefficient (Wildman–Crippen LogP) is 1.63. The lowest BCUT2D eigenvalue weighted by Crippen LogP contribution is -2.10. The largest absolute Gasteiger partial charge is 0.387 e. The van der Waals surface area contributed by atoms with Crippen molar-refractivity contribution in [3.05, 3.63) is 41.1 Å². The summed E-state index contributed by atoms with van der Waals surface area (Å²) in [7, 11) is 0. The minimum Gasteiger partial charge on any atom is -0.387 e. The van der Waals surface area contributed by atoms with E-state index in [1.54, 1.807) is 0 Å². The summed E-state index contributed by atoms with van der Waals surface area (Å²) in [5, 5.41) is 11.9. The van der Waals surface area contributed by atoms with Crippen molar-refractivity contribution in [2.45, 2.75) is 6.54 Å². The van der Waals surface area contributed by atoms with E-state index < -0.39 is 0 Å². The second-order valence-electron chi connectivity index (χ2n) is 2.70. The molecule has 2 rings (SSSR count). The fraction of sp³-hybridized carbons (Fsp3) is 0.100. The van der Waals surface area contributed by atoms with Gasteiger partial charge in [0.1, 0.15) is 0 Å². The lowest BCUT2D eigenvalue weighted by Gasteiger charge is -2.12. The molecule has 0 aliphatic carbocycles. The van der Waals surface area contributed by atoms with Crippen molar-refractivity contribution >= 4 is 6.08 Å². The molecule has 1 aliphatic rings. The molecule has 12 heavy (non-hydrogen) atoms. The van der Waals surface area contributed by atoms with Gasteiger partial charge < -0.3 is 5.32 Å². The quantitative estimate of drug-likeness (QED) is 0.619. The van der Waals surface area contributed by atoms with E-state index >= 15 is 0 Å². The maximum Gasteiger partial charge on any atom is 0.0998 e. The topological polar surface area (TPSA) is 35.8 Å². The smallest absolute Gasteiger partial charge is 0.0998 e. The number of nitrogens with zero attached hydrogens (tertiary/aromatic N) is 1. The van der Waals surface area contributed by atoms with Gasteiger partial charge in [-0.2, -0.15) is 5.26 Å². The third-order valence-electron chi connectivity index (χ3n) is 1.98. The van der Waals surface area contributed by atoms with Crippen molar-refractivity contribution in [1.29, 1.82) is 5.26 Å². The van der Waals surface area contributed by atoms with E-state index in [1.165, 1.54) is 5.56 Å². The Morgan fingerprint density at radius 2 is 2.33 bits per heavy atom. The number of benzene rings is 1. The van der Waals surface area contributed by atoms with Crippen molar-refractivity contribution in [2.75, 3.05) is 0 Å². The summed E-state index contributed by atoms with van der Waals surface area (Å²) in [5.41, 5.74) is 3.00. The fourth-order valence-electron chi connectivity index (χ4n) is 1.37. The molecular formula is C10H8N2. The summed E-state index contributed by atoms with van der Waals surface area (Å²) in [4.78, 5) is 0. The van der Waals surface area contributed by atoms with Crippen molar-refractivity contribution < 1.29 is 0 Å². The molecule has 0 aromatic heterocycles. The summed E-state index contributed by atoms with van der Waals surface area (Å²) >= 11 is 0. The van der Waals surface area contributed by atoms with Crippen LogP contribution in [0, 0.1) is 11.3 Å². The Labute approximate surface area is 71.1 Å². The molecule has 1 aliphatic heterocycles. The zero-order valence-corrected chi connectivity index (χ0v) is 6.54. The van der Waals surface area contributed by atoms with Crippen LogP contribution in [-0.4, -0.2) is 0 Å². The second kappa shape index (κ2) is 2.71. The number of nitrogens with one attached hydrogen (secondary N) is 1. The third kappa shape index (κ3) is 0.960. The summed E-state index contributed by atoms with van der Waals surface area (Å²) in [5.74, 6) is 0. The van der Waals surface area contributed by atoms with E-state index in [9.17, 15) is 0 Å². The lowest BCUT2D eigenvalue weighted by molar-refractivity contribution is 0.858. The zero-order chi connectivity index (χ0) is 8.39. The molecule has 0 amide bonds. The average Bonchev–Trinajstić information content (AvgIpc) is 2.17. The molecule has 2 nitrogen and oxygen atoms in total. The van der Waals surface area contributed by atoms with Crippen molar-refractivity contribution in [1.82, 2.24) is 5.32 Å². The number of rotatable bonds is 0. The van der Waals surface area contributed by atoms with Crippen LogP contribution in [0.25, 0.3) is 6.08 Å². The normalized spacial score (nSPS) is 12.9. The molecule has 58 valence electrons. The molecule has 0 saturated carbocycles. The molecule has 1 heterocycles. The molecular weight excluding hydrogens is 148 g/mol. The molecule has 1 aromatic carbocycles. The Balaban J connectivity index is 2.64. The highest BCUT2D eigenvalue weighted by molar-refractivity contribution is 5.62. The van der Waals surface area contributed by atoms with Gasteiger partial charge in [-0.25, -0.2) is 0 Å². The number of hydrogen-bond donors (Lipinski definition) is 1. The van der Waals surface area contributed by atoms with E-state index in [4.69, 9.17) is 5.26 Å². The summed E-state index contributed by atoms with van der Waals surface area (Å²) < 4.78 is 0. The Bertz CT molecular complexity index is 372. The SMILES string of the molecule is N#Cc1cccc2c1C=CNC2. The fourth-order valence-corrected chi connectivity index (χ4v) is 1.37. The minimum absolute atomic E-state index is 0.755. The predicted molar refractivity (Wildman–Crippen MR) is 47.0 cm³/mol. The Hall–Kier alpha value is -1.75. The van der Waals surface area contributed by atoms with Crippen LogP contribution in [0.15, 0.2) is 24.4 Å². The summed E-state index contributed by atoms with van der Waals surface area (Å²) in [6, 6.07) is 7.97. The monoisotopic (exact) mass is 156 g/mol. The van der Waals surface area contributed by atoms with Crippen LogP contribution in [0.1, 0.15) is 16.7 Å². The molecule has 0 unspecified atom stereocenters. The Morgan fingerprint density at radius 1 is 1.42 bits per heavy atom. The van der Waals surface area contributed by atoms with Gasteiger partial charge in [0.15, 0.2) is 0 Å². The van der Waals surface area contributed by atoms with E-state index in [-0.39, 0.29) is 0 Å². The van der Waals surface area contributed by atoms with Crippen LogP contribution >= 0.6 is 0 Å². The van der Waals surface area contributed by atoms with Crippen molar-refractivity contribution in [3.8, 4) is 6.07 Å². The second-order valence-corrected chi connectivity index (χ2v) is 2.70. The minimum atomic E-state index is 0.755. The van der Waals surface area contributed by atoms with E-state index in [0.29, 0.717) is 0 Å². The molecule has 0 saturated heterocycles. The summed E-state index contributed by atoms with van der Waals surface area (Å²) in [6.45, 7) is 0.821. The van der Waals surface area contributed by atoms with Gasteiger partial charge in [-0.3, -0.25) is 0 Å². The Kier molecular flexibility index (Phi) is 1.56. The maximum atomic E-state index is 8.79. The number of fused-ring (bicyclic) bond motifs is 1. The van der Waals surface area contributed by atoms with Gasteiger partial charge in [0.2, 0.25) is 0 Å². The van der Waals surface area contributed by atoms with E-state index in [1.807, 2.05) is 30.5 Å². The van der Waals surface area contributed by atoms with Gasteiger partial charge in [-0.05, 0) is 29.5 Å². The van der Waals surface area contributed by atoms with Gasteiger partial charge in [-0.15, -0.1) is 0 Å². The highest BCUT2D eigenvalue weighted by Crippen LogP contribution is 2.18. The first-order chi connectivity index (χ1) is 5.92. The first-order valence-corrected chi connectivity index (χ1v) is 3.84. The first kappa shape index (κ1) is 6.93. The zero-order valence-electron chi connectivity index (χ0n) is 6.54. The van der Waals surface area contributed by atoms with Crippen LogP contribution in [0.3, 0.4) is 0 Å². The van der Waals surface area contributed by atoms with Gasteiger partial charge in [0.25, 0.3) is 0 Å². The van der Waals surface area contributed by atoms with Gasteiger partial charge in [-0.1, -0.05) is 12.1 Å². The molecule has 1 N–H and O–H groups in total. The van der Waals surface area contributed by atoms with Gasteiger partial charge >= 0.3 is 0 Å². The number of nitriles is 1. The summed E-state index contributed by atoms with van der Waals surface area (Å²) in [6.07, 6.45) is 3.82. The van der Waals surface area contributed by atoms with Crippen molar-refractivity contribution in [2.24, 2.45) is 0 Å². The Morgan fingerprint density at radius 3 is 3.17 bits per heavy atom. The standard InChI is InChI=1S/C10H8N2/c11-6-8-2-1-3-9-7-12-5-4-10(8)9/h1-5,12H,7H2. The van der Waals surface area contributed by atoms with Crippen LogP contribution in [-0.2, 0) is 6.54 Å². The van der Waals surface area contributed by atoms with Crippen LogP contribution in [0.5, 0.6) is 0 Å². The molecule has 2 heteroatoms. The van der Waals surface area contributed by atoms with Gasteiger partial charge in [0, 0.05) is 6.54 Å². The molecule has 0 fully saturated rings. The molecule has 0 bridgehead atoms. The number of hydrogen-bond acceptors (Lipinski definition) is 2. The van der Waals surface area contributed by atoms with Crippen molar-refractivity contribution in [3.63, 3.8) is 0 Å². The highest BCUT2D eigenvalue weighted by atomic mass is 14.8. The van der Waals surface area contributed by atoms with E-state index in [2.05, 4.69) is 11.4 Å². The molecule has 0 radical (unpaired) electrons. The third-order valence-corrected chi connectivity index (χ3v) is 1.98. The van der Waals surface area contributed by atoms with Crippen LogP contribution in [0.2, 0.25) is 0 Å². The van der Waals surface area contributed by atoms with Gasteiger partial charge in [0.05, 0.1) is 11.6 Å². The molecule has 0 spiro atoms. The average molecular weight is 156 g/mol. The van der Waals surface area contributed by atoms with Crippen LogP contribution in [0.4, 0.5) is 0 Å². The first-order valence-electron chi connectivity index (χ1n) is 3.84. The highest BCUT2D eigenvalue weighted by Gasteiger charge is 2.06. The lowest BCUT2D eigenvalue weighted by atomic mass is 10.00. The maximum absolute atomic E-state index is 8.79. The molecule has 1 aromatic rings. The molecule has 0 atom stereocenters.